The van der Waals surface area contributed by atoms with Gasteiger partial charge < -0.3 is 41.8 Å². The monoisotopic (exact) mass is 440 g/mol. The van der Waals surface area contributed by atoms with Crippen molar-refractivity contribution in [3.8, 4) is 5.75 Å². The first-order valence-electron chi connectivity index (χ1n) is 8.97. The molecule has 0 fully saturated rings. The van der Waals surface area contributed by atoms with E-state index in [1.165, 1.54) is 6.92 Å². The van der Waals surface area contributed by atoms with Gasteiger partial charge in [0.2, 0.25) is 17.7 Å². The molecule has 3 amide bonds. The molecule has 1 aromatic carbocycles. The second-order valence-corrected chi connectivity index (χ2v) is 6.14. The number of aliphatic hydroxyl groups excluding tert-OH is 1. The van der Waals surface area contributed by atoms with Gasteiger partial charge in [0.25, 0.3) is 6.47 Å². The smallest absolute Gasteiger partial charge is 0.315 e. The Kier molecular flexibility index (Phi) is 13.4. The van der Waals surface area contributed by atoms with Crippen LogP contribution in [0.3, 0.4) is 0 Å². The summed E-state index contributed by atoms with van der Waals surface area (Å²) >= 11 is 0. The zero-order valence-corrected chi connectivity index (χ0v) is 17.2. The highest BCUT2D eigenvalue weighted by Gasteiger charge is 2.16. The van der Waals surface area contributed by atoms with Crippen LogP contribution in [0, 0.1) is 0 Å². The van der Waals surface area contributed by atoms with Crippen LogP contribution in [0.1, 0.15) is 37.2 Å². The number of nitrogens with zero attached hydrogens (tertiary/aromatic N) is 2. The van der Waals surface area contributed by atoms with Gasteiger partial charge in [-0.05, 0) is 31.0 Å². The molecule has 0 aliphatic heterocycles. The van der Waals surface area contributed by atoms with E-state index in [-0.39, 0.29) is 49.1 Å². The molecule has 2 aromatic rings. The van der Waals surface area contributed by atoms with Crippen molar-refractivity contribution >= 4 is 18.4 Å². The predicted molar refractivity (Wildman–Crippen MR) is 109 cm³/mol. The number of rotatable bonds is 7. The summed E-state index contributed by atoms with van der Waals surface area (Å²) in [7, 11) is 0. The second-order valence-electron chi connectivity index (χ2n) is 6.14. The molecular weight excluding hydrogens is 412 g/mol. The van der Waals surface area contributed by atoms with Crippen LogP contribution in [0.4, 0.5) is 4.79 Å². The maximum Gasteiger partial charge on any atom is 0.315 e. The molecule has 0 saturated heterocycles. The highest BCUT2D eigenvalue weighted by molar-refractivity contribution is 5.74. The molecule has 9 N–H and O–H groups in total. The summed E-state index contributed by atoms with van der Waals surface area (Å²) < 4.78 is 5.43. The zero-order chi connectivity index (χ0) is 23.8. The van der Waals surface area contributed by atoms with Crippen molar-refractivity contribution in [2.45, 2.75) is 38.9 Å². The summed E-state index contributed by atoms with van der Waals surface area (Å²) in [5, 5.41) is 37.8. The number of urea groups is 1. The summed E-state index contributed by atoms with van der Waals surface area (Å²) in [6, 6.07) is 5.42. The van der Waals surface area contributed by atoms with Crippen LogP contribution in [0.25, 0.3) is 0 Å². The number of hydrogen-bond acceptors (Lipinski definition) is 9. The summed E-state index contributed by atoms with van der Waals surface area (Å²) in [4.78, 5) is 29.1. The highest BCUT2D eigenvalue weighted by Crippen LogP contribution is 2.17. The Morgan fingerprint density at radius 2 is 1.81 bits per heavy atom. The third kappa shape index (κ3) is 13.2. The molecule has 31 heavy (non-hydrogen) atoms. The third-order valence-electron chi connectivity index (χ3n) is 3.24. The maximum absolute atomic E-state index is 11.5. The molecule has 0 spiro atoms. The van der Waals surface area contributed by atoms with Crippen LogP contribution in [0.15, 0.2) is 28.7 Å². The normalized spacial score (nSPS) is 11.5. The molecule has 13 nitrogen and oxygen atoms in total. The largest absolute Gasteiger partial charge is 0.508 e. The molecule has 2 rings (SSSR count). The molecule has 172 valence electrons. The first-order valence-corrected chi connectivity index (χ1v) is 8.97. The highest BCUT2D eigenvalue weighted by atomic mass is 16.4. The van der Waals surface area contributed by atoms with E-state index in [2.05, 4.69) is 26.6 Å². The molecule has 2 atom stereocenters. The molecule has 0 aliphatic rings. The number of benzene rings is 1. The molecular formula is C18H28N6O7. The number of amides is 3. The Bertz CT molecular complexity index is 793. The quantitative estimate of drug-likeness (QED) is 0.270. The van der Waals surface area contributed by atoms with Crippen LogP contribution >= 0.6 is 0 Å². The minimum Gasteiger partial charge on any atom is -0.508 e. The number of nitrogens with one attached hydrogen (secondary N) is 2. The van der Waals surface area contributed by atoms with E-state index >= 15 is 0 Å². The fraction of sp³-hybridized carbons (Fsp3) is 0.389. The lowest BCUT2D eigenvalue weighted by Gasteiger charge is -2.10. The van der Waals surface area contributed by atoms with Crippen LogP contribution < -0.4 is 22.1 Å². The number of hydrogen-bond donors (Lipinski definition) is 7. The average Bonchev–Trinajstić information content (AvgIpc) is 3.17. The Labute approximate surface area is 178 Å². The maximum atomic E-state index is 11.5. The Hall–Kier alpha value is -3.71. The predicted octanol–water partition coefficient (Wildman–Crippen LogP) is -0.610. The SMILES string of the molecule is CC(CO)NC(=O)NCc1nnc(C(N)Cc2ccc(O)cc2)o1.CC(N)=O.O=CO. The van der Waals surface area contributed by atoms with Crippen molar-refractivity contribution in [1.29, 1.82) is 0 Å². The number of aromatic nitrogens is 2. The van der Waals surface area contributed by atoms with Crippen molar-refractivity contribution in [1.82, 2.24) is 20.8 Å². The minimum atomic E-state index is -0.487. The molecule has 1 aromatic heterocycles. The topological polar surface area (TPSA) is 227 Å². The molecule has 0 radical (unpaired) electrons. The van der Waals surface area contributed by atoms with E-state index in [9.17, 15) is 14.7 Å². The minimum absolute atomic E-state index is 0.0584. The third-order valence-corrected chi connectivity index (χ3v) is 3.24. The number of aromatic hydroxyl groups is 1. The van der Waals surface area contributed by atoms with Gasteiger partial charge in [-0.3, -0.25) is 9.59 Å². The number of carbonyl (C=O) groups excluding carboxylic acids is 2. The van der Waals surface area contributed by atoms with Crippen LogP contribution in [-0.2, 0) is 22.6 Å². The van der Waals surface area contributed by atoms with Crippen LogP contribution in [0.5, 0.6) is 5.75 Å². The van der Waals surface area contributed by atoms with Crippen LogP contribution in [-0.4, -0.2) is 56.6 Å². The molecule has 0 aliphatic carbocycles. The second kappa shape index (κ2) is 15.2. The molecule has 2 unspecified atom stereocenters. The molecule has 1 heterocycles. The van der Waals surface area contributed by atoms with E-state index in [1.54, 1.807) is 31.2 Å². The fourth-order valence-electron chi connectivity index (χ4n) is 1.94. The van der Waals surface area contributed by atoms with Crippen molar-refractivity contribution in [2.24, 2.45) is 11.5 Å². The number of nitrogens with two attached hydrogens (primary N) is 2. The lowest BCUT2D eigenvalue weighted by molar-refractivity contribution is -0.123. The Balaban J connectivity index is 0.00000113. The average molecular weight is 440 g/mol. The summed E-state index contributed by atoms with van der Waals surface area (Å²) in [5.41, 5.74) is 11.4. The lowest BCUT2D eigenvalue weighted by Crippen LogP contribution is -2.42. The van der Waals surface area contributed by atoms with E-state index < -0.39 is 12.1 Å². The molecule has 13 heteroatoms. The summed E-state index contributed by atoms with van der Waals surface area (Å²) in [6.45, 7) is 2.64. The number of carbonyl (C=O) groups is 3. The van der Waals surface area contributed by atoms with Gasteiger partial charge in [0.05, 0.1) is 25.2 Å². The van der Waals surface area contributed by atoms with Gasteiger partial charge in [0.1, 0.15) is 5.75 Å². The number of aliphatic hydroxyl groups is 1. The van der Waals surface area contributed by atoms with Gasteiger partial charge >= 0.3 is 6.03 Å². The standard InChI is InChI=1S/C15H21N5O4.C2H5NO.CH2O2/c1-9(8-21)18-15(23)17-7-13-19-20-14(24-13)12(16)6-10-2-4-11(22)5-3-10;1-2(3)4;2-1-3/h2-5,9,12,21-22H,6-8,16H2,1H3,(H2,17,18,23);1H3,(H2,3,4);1H,(H,2,3). The van der Waals surface area contributed by atoms with Crippen LogP contribution in [0.2, 0.25) is 0 Å². The first-order chi connectivity index (χ1) is 14.6. The van der Waals surface area contributed by atoms with Crippen molar-refractivity contribution in [3.63, 3.8) is 0 Å². The fourth-order valence-corrected chi connectivity index (χ4v) is 1.94. The van der Waals surface area contributed by atoms with Gasteiger partial charge in [0, 0.05) is 6.92 Å². The Morgan fingerprint density at radius 3 is 2.32 bits per heavy atom. The lowest BCUT2D eigenvalue weighted by atomic mass is 10.1. The number of primary amides is 1. The van der Waals surface area contributed by atoms with E-state index in [4.69, 9.17) is 25.2 Å². The number of phenolic OH excluding ortho intramolecular Hbond substituents is 1. The summed E-state index contributed by atoms with van der Waals surface area (Å²) in [5.74, 6) is 0.356. The Morgan fingerprint density at radius 1 is 1.26 bits per heavy atom. The number of phenols is 1. The number of carboxylic acid groups (broad SMARTS) is 1. The van der Waals surface area contributed by atoms with Gasteiger partial charge in [-0.25, -0.2) is 4.79 Å². The van der Waals surface area contributed by atoms with Crippen molar-refractivity contribution in [3.05, 3.63) is 41.6 Å². The van der Waals surface area contributed by atoms with E-state index in [0.29, 0.717) is 6.42 Å². The van der Waals surface area contributed by atoms with Gasteiger partial charge in [-0.2, -0.15) is 0 Å². The van der Waals surface area contributed by atoms with Crippen molar-refractivity contribution < 1.29 is 34.1 Å². The van der Waals surface area contributed by atoms with Gasteiger partial charge in [-0.1, -0.05) is 12.1 Å². The van der Waals surface area contributed by atoms with Crippen molar-refractivity contribution in [2.75, 3.05) is 6.61 Å². The summed E-state index contributed by atoms with van der Waals surface area (Å²) in [6.07, 6.45) is 0.476. The molecule has 0 saturated carbocycles. The van der Waals surface area contributed by atoms with E-state index in [1.807, 2.05) is 0 Å². The first kappa shape index (κ1) is 27.3. The van der Waals surface area contributed by atoms with E-state index in [0.717, 1.165) is 5.56 Å². The zero-order valence-electron chi connectivity index (χ0n) is 17.2. The van der Waals surface area contributed by atoms with Gasteiger partial charge in [0.15, 0.2) is 0 Å². The molecule has 0 bridgehead atoms. The van der Waals surface area contributed by atoms with Gasteiger partial charge in [-0.15, -0.1) is 10.2 Å².